The summed E-state index contributed by atoms with van der Waals surface area (Å²) in [5.41, 5.74) is 1.26. The molecule has 0 atom stereocenters. The van der Waals surface area contributed by atoms with E-state index in [-0.39, 0.29) is 0 Å². The van der Waals surface area contributed by atoms with E-state index < -0.39 is 0 Å². The summed E-state index contributed by atoms with van der Waals surface area (Å²) < 4.78 is 7.78. The van der Waals surface area contributed by atoms with E-state index in [0.717, 1.165) is 76.0 Å². The summed E-state index contributed by atoms with van der Waals surface area (Å²) >= 11 is 0. The molecular weight excluding hydrogens is 352 g/mol. The third kappa shape index (κ3) is 7.58. The highest BCUT2D eigenvalue weighted by Gasteiger charge is 2.02. The summed E-state index contributed by atoms with van der Waals surface area (Å²) in [6.45, 7) is 10.3. The second-order valence-electron chi connectivity index (χ2n) is 6.58. The fraction of sp³-hybridized carbons (Fsp3) is 0.571. The molecule has 0 aliphatic heterocycles. The molecule has 0 aliphatic carbocycles. The highest BCUT2D eigenvalue weighted by molar-refractivity contribution is 5.79. The Bertz CT molecular complexity index is 695. The van der Waals surface area contributed by atoms with Crippen molar-refractivity contribution in [2.24, 2.45) is 4.99 Å². The van der Waals surface area contributed by atoms with Gasteiger partial charge in [0.25, 0.3) is 0 Å². The number of aromatic nitrogens is 3. The Morgan fingerprint density at radius 3 is 2.68 bits per heavy atom. The molecule has 154 valence electrons. The van der Waals surface area contributed by atoms with Crippen LogP contribution in [0.2, 0.25) is 0 Å². The van der Waals surface area contributed by atoms with Crippen LogP contribution in [-0.2, 0) is 19.4 Å². The minimum absolute atomic E-state index is 0.734. The van der Waals surface area contributed by atoms with Gasteiger partial charge in [0.1, 0.15) is 17.9 Å². The molecule has 0 spiro atoms. The monoisotopic (exact) mass is 386 g/mol. The molecule has 0 saturated carbocycles. The van der Waals surface area contributed by atoms with Crippen LogP contribution in [0.1, 0.15) is 45.0 Å². The average Bonchev–Trinajstić information content (AvgIpc) is 3.17. The van der Waals surface area contributed by atoms with E-state index in [1.807, 2.05) is 12.1 Å². The first-order valence-electron chi connectivity index (χ1n) is 10.4. The number of hydrogen-bond donors (Lipinski definition) is 2. The predicted molar refractivity (Wildman–Crippen MR) is 114 cm³/mol. The van der Waals surface area contributed by atoms with Crippen molar-refractivity contribution < 1.29 is 4.74 Å². The Labute approximate surface area is 168 Å². The summed E-state index contributed by atoms with van der Waals surface area (Å²) in [7, 11) is 0. The number of aliphatic imine (C=N–C) groups is 1. The number of ether oxygens (including phenoxy) is 1. The number of rotatable bonds is 12. The predicted octanol–water partition coefficient (Wildman–Crippen LogP) is 2.82. The number of guanidine groups is 1. The van der Waals surface area contributed by atoms with Crippen molar-refractivity contribution in [3.63, 3.8) is 0 Å². The first-order valence-corrected chi connectivity index (χ1v) is 10.4. The molecule has 2 rings (SSSR count). The van der Waals surface area contributed by atoms with Gasteiger partial charge in [-0.3, -0.25) is 4.99 Å². The van der Waals surface area contributed by atoms with Crippen molar-refractivity contribution in [3.05, 3.63) is 42.0 Å². The highest BCUT2D eigenvalue weighted by Crippen LogP contribution is 2.13. The van der Waals surface area contributed by atoms with Crippen molar-refractivity contribution in [1.82, 2.24) is 25.4 Å². The van der Waals surface area contributed by atoms with Crippen molar-refractivity contribution >= 4 is 5.96 Å². The first-order chi connectivity index (χ1) is 13.8. The van der Waals surface area contributed by atoms with Crippen LogP contribution >= 0.6 is 0 Å². The molecule has 1 aromatic heterocycles. The van der Waals surface area contributed by atoms with Gasteiger partial charge in [-0.25, -0.2) is 0 Å². The van der Waals surface area contributed by atoms with E-state index in [0.29, 0.717) is 0 Å². The fourth-order valence-electron chi connectivity index (χ4n) is 2.76. The summed E-state index contributed by atoms with van der Waals surface area (Å²) in [4.78, 5) is 4.68. The standard InChI is InChI=1S/C21H34N6O/c1-4-7-16-28-19-10-8-18(9-11-19)12-13-23-21(22-6-3)24-14-15-27-17-25-26-20(27)5-2/h8-11,17H,4-7,12-16H2,1-3H3,(H2,22,23,24). The van der Waals surface area contributed by atoms with Crippen LogP contribution in [0, 0.1) is 0 Å². The molecule has 2 N–H and O–H groups in total. The third-order valence-electron chi connectivity index (χ3n) is 4.36. The maximum Gasteiger partial charge on any atom is 0.191 e. The van der Waals surface area contributed by atoms with Crippen LogP contribution in [-0.4, -0.2) is 47.0 Å². The van der Waals surface area contributed by atoms with Gasteiger partial charge in [0.15, 0.2) is 5.96 Å². The van der Waals surface area contributed by atoms with Gasteiger partial charge in [-0.1, -0.05) is 32.4 Å². The Balaban J connectivity index is 1.76. The van der Waals surface area contributed by atoms with Crippen LogP contribution in [0.25, 0.3) is 0 Å². The SMILES string of the molecule is CCCCOc1ccc(CCN=C(NCC)NCCn2cnnc2CC)cc1. The van der Waals surface area contributed by atoms with Gasteiger partial charge in [0.2, 0.25) is 0 Å². The molecule has 7 heteroatoms. The second-order valence-corrected chi connectivity index (χ2v) is 6.58. The van der Waals surface area contributed by atoms with E-state index in [9.17, 15) is 0 Å². The van der Waals surface area contributed by atoms with Gasteiger partial charge in [0.05, 0.1) is 6.61 Å². The molecule has 28 heavy (non-hydrogen) atoms. The van der Waals surface area contributed by atoms with Gasteiger partial charge in [-0.15, -0.1) is 10.2 Å². The summed E-state index contributed by atoms with van der Waals surface area (Å²) in [5.74, 6) is 2.79. The number of hydrogen-bond acceptors (Lipinski definition) is 4. The quantitative estimate of drug-likeness (QED) is 0.333. The number of benzene rings is 1. The largest absolute Gasteiger partial charge is 0.494 e. The fourth-order valence-corrected chi connectivity index (χ4v) is 2.76. The zero-order valence-electron chi connectivity index (χ0n) is 17.4. The summed E-state index contributed by atoms with van der Waals surface area (Å²) in [6, 6.07) is 8.33. The van der Waals surface area contributed by atoms with Gasteiger partial charge in [0, 0.05) is 32.6 Å². The van der Waals surface area contributed by atoms with E-state index in [1.54, 1.807) is 6.33 Å². The van der Waals surface area contributed by atoms with E-state index in [2.05, 4.69) is 63.3 Å². The van der Waals surface area contributed by atoms with Crippen molar-refractivity contribution in [3.8, 4) is 5.75 Å². The Morgan fingerprint density at radius 2 is 1.96 bits per heavy atom. The maximum absolute atomic E-state index is 5.71. The van der Waals surface area contributed by atoms with Crippen LogP contribution in [0.15, 0.2) is 35.6 Å². The zero-order chi connectivity index (χ0) is 20.0. The third-order valence-corrected chi connectivity index (χ3v) is 4.36. The molecule has 7 nitrogen and oxygen atoms in total. The molecule has 2 aromatic rings. The lowest BCUT2D eigenvalue weighted by molar-refractivity contribution is 0.309. The van der Waals surface area contributed by atoms with Gasteiger partial charge < -0.3 is 19.9 Å². The lowest BCUT2D eigenvalue weighted by Crippen LogP contribution is -2.39. The second kappa shape index (κ2) is 12.8. The minimum atomic E-state index is 0.734. The first kappa shape index (κ1) is 21.7. The van der Waals surface area contributed by atoms with Gasteiger partial charge >= 0.3 is 0 Å². The Morgan fingerprint density at radius 1 is 1.14 bits per heavy atom. The molecule has 0 radical (unpaired) electrons. The minimum Gasteiger partial charge on any atom is -0.494 e. The maximum atomic E-state index is 5.71. The van der Waals surface area contributed by atoms with Crippen molar-refractivity contribution in [2.45, 2.75) is 53.0 Å². The normalized spacial score (nSPS) is 11.5. The molecule has 1 heterocycles. The van der Waals surface area contributed by atoms with Gasteiger partial charge in [-0.2, -0.15) is 0 Å². The van der Waals surface area contributed by atoms with E-state index >= 15 is 0 Å². The number of nitrogens with zero attached hydrogens (tertiary/aromatic N) is 4. The Kier molecular flexibility index (Phi) is 9.89. The smallest absolute Gasteiger partial charge is 0.191 e. The molecule has 0 saturated heterocycles. The highest BCUT2D eigenvalue weighted by atomic mass is 16.5. The van der Waals surface area contributed by atoms with E-state index in [1.165, 1.54) is 5.56 Å². The number of nitrogens with one attached hydrogen (secondary N) is 2. The topological polar surface area (TPSA) is 76.4 Å². The zero-order valence-corrected chi connectivity index (χ0v) is 17.4. The van der Waals surface area contributed by atoms with E-state index in [4.69, 9.17) is 4.74 Å². The lowest BCUT2D eigenvalue weighted by Gasteiger charge is -2.12. The molecule has 0 bridgehead atoms. The number of aryl methyl sites for hydroxylation is 1. The number of unbranched alkanes of at least 4 members (excludes halogenated alkanes) is 1. The van der Waals surface area contributed by atoms with Crippen LogP contribution in [0.3, 0.4) is 0 Å². The summed E-state index contributed by atoms with van der Waals surface area (Å²) in [6.07, 6.45) is 5.80. The molecule has 1 aromatic carbocycles. The van der Waals surface area contributed by atoms with Crippen molar-refractivity contribution in [2.75, 3.05) is 26.2 Å². The van der Waals surface area contributed by atoms with Crippen molar-refractivity contribution in [1.29, 1.82) is 0 Å². The van der Waals surface area contributed by atoms with Crippen LogP contribution in [0.4, 0.5) is 0 Å². The van der Waals surface area contributed by atoms with Crippen LogP contribution in [0.5, 0.6) is 5.75 Å². The van der Waals surface area contributed by atoms with Crippen LogP contribution < -0.4 is 15.4 Å². The molecule has 0 fully saturated rings. The molecule has 0 amide bonds. The lowest BCUT2D eigenvalue weighted by atomic mass is 10.1. The molecular formula is C21H34N6O. The Hall–Kier alpha value is -2.57. The summed E-state index contributed by atoms with van der Waals surface area (Å²) in [5, 5.41) is 14.7. The molecule has 0 unspecified atom stereocenters. The molecule has 0 aliphatic rings. The average molecular weight is 387 g/mol. The van der Waals surface area contributed by atoms with Gasteiger partial charge in [-0.05, 0) is 37.5 Å².